The van der Waals surface area contributed by atoms with Crippen molar-refractivity contribution in [1.29, 1.82) is 0 Å². The van der Waals surface area contributed by atoms with Gasteiger partial charge in [0.2, 0.25) is 0 Å². The van der Waals surface area contributed by atoms with Gasteiger partial charge in [-0.15, -0.1) is 11.3 Å². The molecule has 0 saturated carbocycles. The number of nitrogens with one attached hydrogen (secondary N) is 2. The normalized spacial score (nSPS) is 10.1. The zero-order valence-electron chi connectivity index (χ0n) is 15.5. The molecule has 2 N–H and O–H groups in total. The number of benzene rings is 2. The molecule has 0 atom stereocenters. The maximum absolute atomic E-state index is 12.1. The Morgan fingerprint density at radius 2 is 1.72 bits per heavy atom. The second-order valence-electron chi connectivity index (χ2n) is 5.87. The Hall–Kier alpha value is -3.65. The lowest BCUT2D eigenvalue weighted by atomic mass is 10.2. The first-order valence-electron chi connectivity index (χ1n) is 8.61. The lowest BCUT2D eigenvalue weighted by molar-refractivity contribution is -0.119. The van der Waals surface area contributed by atoms with E-state index in [2.05, 4.69) is 10.6 Å². The van der Waals surface area contributed by atoms with Crippen LogP contribution in [-0.2, 0) is 9.53 Å². The number of ether oxygens (including phenoxy) is 2. The largest absolute Gasteiger partial charge is 0.497 e. The molecule has 0 aliphatic carbocycles. The maximum Gasteiger partial charge on any atom is 0.338 e. The van der Waals surface area contributed by atoms with Crippen molar-refractivity contribution in [3.05, 3.63) is 76.5 Å². The first kappa shape index (κ1) is 20.1. The Balaban J connectivity index is 1.50. The topological polar surface area (TPSA) is 93.7 Å². The number of hydrogen-bond acceptors (Lipinski definition) is 6. The van der Waals surface area contributed by atoms with Gasteiger partial charge in [-0.25, -0.2) is 4.79 Å². The number of carbonyl (C=O) groups excluding carboxylic acids is 3. The van der Waals surface area contributed by atoms with E-state index in [1.54, 1.807) is 48.5 Å². The molecule has 3 rings (SSSR count). The van der Waals surface area contributed by atoms with Gasteiger partial charge in [0, 0.05) is 17.4 Å². The van der Waals surface area contributed by atoms with E-state index in [9.17, 15) is 14.4 Å². The predicted molar refractivity (Wildman–Crippen MR) is 111 cm³/mol. The van der Waals surface area contributed by atoms with Gasteiger partial charge in [0.05, 0.1) is 17.6 Å². The monoisotopic (exact) mass is 410 g/mol. The first-order valence-corrected chi connectivity index (χ1v) is 9.49. The highest BCUT2D eigenvalue weighted by Gasteiger charge is 2.12. The minimum Gasteiger partial charge on any atom is -0.497 e. The first-order chi connectivity index (χ1) is 14.0. The standard InChI is InChI=1S/C21H18N2O5S/c1-27-17-5-2-4-16(12-17)22-19(24)13-28-21(26)14-7-9-15(10-8-14)23-20(25)18-6-3-11-29-18/h2-12H,13H2,1H3,(H,22,24)(H,23,25). The van der Waals surface area contributed by atoms with Gasteiger partial charge in [-0.2, -0.15) is 0 Å². The second-order valence-corrected chi connectivity index (χ2v) is 6.81. The fraction of sp³-hybridized carbons (Fsp3) is 0.0952. The molecule has 0 spiro atoms. The Labute approximate surface area is 171 Å². The van der Waals surface area contributed by atoms with Crippen molar-refractivity contribution in [2.75, 3.05) is 24.4 Å². The molecule has 2 aromatic carbocycles. The van der Waals surface area contributed by atoms with Crippen molar-refractivity contribution < 1.29 is 23.9 Å². The Bertz CT molecular complexity index is 1000. The molecule has 0 fully saturated rings. The van der Waals surface area contributed by atoms with Crippen molar-refractivity contribution in [3.8, 4) is 5.75 Å². The average molecular weight is 410 g/mol. The highest BCUT2D eigenvalue weighted by atomic mass is 32.1. The Morgan fingerprint density at radius 1 is 0.931 bits per heavy atom. The van der Waals surface area contributed by atoms with Gasteiger partial charge in [0.15, 0.2) is 6.61 Å². The molecule has 8 heteroatoms. The second kappa shape index (κ2) is 9.52. The van der Waals surface area contributed by atoms with Gasteiger partial charge in [-0.1, -0.05) is 12.1 Å². The summed E-state index contributed by atoms with van der Waals surface area (Å²) >= 11 is 1.34. The molecule has 0 radical (unpaired) electrons. The molecule has 0 unspecified atom stereocenters. The number of esters is 1. The molecule has 7 nitrogen and oxygen atoms in total. The summed E-state index contributed by atoms with van der Waals surface area (Å²) in [7, 11) is 1.53. The van der Waals surface area contributed by atoms with Crippen molar-refractivity contribution in [2.45, 2.75) is 0 Å². The summed E-state index contributed by atoms with van der Waals surface area (Å²) in [6, 6.07) is 16.6. The van der Waals surface area contributed by atoms with Gasteiger partial charge >= 0.3 is 5.97 Å². The quantitative estimate of drug-likeness (QED) is 0.578. The lowest BCUT2D eigenvalue weighted by Crippen LogP contribution is -2.21. The molecule has 29 heavy (non-hydrogen) atoms. The van der Waals surface area contributed by atoms with Crippen LogP contribution in [0.25, 0.3) is 0 Å². The smallest absolute Gasteiger partial charge is 0.338 e. The average Bonchev–Trinajstić information content (AvgIpc) is 3.28. The summed E-state index contributed by atoms with van der Waals surface area (Å²) in [6.07, 6.45) is 0. The summed E-state index contributed by atoms with van der Waals surface area (Å²) in [5, 5.41) is 7.19. The number of carbonyl (C=O) groups is 3. The zero-order valence-corrected chi connectivity index (χ0v) is 16.3. The Morgan fingerprint density at radius 3 is 2.41 bits per heavy atom. The van der Waals surface area contributed by atoms with E-state index < -0.39 is 18.5 Å². The summed E-state index contributed by atoms with van der Waals surface area (Å²) in [6.45, 7) is -0.424. The number of methoxy groups -OCH3 is 1. The highest BCUT2D eigenvalue weighted by Crippen LogP contribution is 2.17. The number of hydrogen-bond donors (Lipinski definition) is 2. The maximum atomic E-state index is 12.1. The van der Waals surface area contributed by atoms with Crippen LogP contribution >= 0.6 is 11.3 Å². The fourth-order valence-electron chi connectivity index (χ4n) is 2.40. The predicted octanol–water partition coefficient (Wildman–Crippen LogP) is 3.80. The number of anilines is 2. The molecule has 0 saturated heterocycles. The van der Waals surface area contributed by atoms with Crippen LogP contribution in [0.2, 0.25) is 0 Å². The fourth-order valence-corrected chi connectivity index (χ4v) is 3.02. The van der Waals surface area contributed by atoms with Crippen LogP contribution in [0.3, 0.4) is 0 Å². The van der Waals surface area contributed by atoms with Crippen molar-refractivity contribution in [2.24, 2.45) is 0 Å². The minimum atomic E-state index is -0.637. The van der Waals surface area contributed by atoms with Gasteiger partial charge in [0.1, 0.15) is 5.75 Å². The SMILES string of the molecule is COc1cccc(NC(=O)COC(=O)c2ccc(NC(=O)c3cccs3)cc2)c1. The molecule has 0 bridgehead atoms. The van der Waals surface area contributed by atoms with Crippen LogP contribution in [0.4, 0.5) is 11.4 Å². The van der Waals surface area contributed by atoms with E-state index in [4.69, 9.17) is 9.47 Å². The molecule has 2 amide bonds. The number of rotatable bonds is 7. The number of thiophene rings is 1. The molecule has 0 aliphatic heterocycles. The zero-order chi connectivity index (χ0) is 20.6. The minimum absolute atomic E-state index is 0.218. The van der Waals surface area contributed by atoms with Crippen LogP contribution < -0.4 is 15.4 Å². The van der Waals surface area contributed by atoms with E-state index in [-0.39, 0.29) is 11.5 Å². The molecular weight excluding hydrogens is 392 g/mol. The van der Waals surface area contributed by atoms with E-state index >= 15 is 0 Å². The van der Waals surface area contributed by atoms with Gasteiger partial charge < -0.3 is 20.1 Å². The van der Waals surface area contributed by atoms with Gasteiger partial charge in [-0.3, -0.25) is 9.59 Å². The third kappa shape index (κ3) is 5.66. The van der Waals surface area contributed by atoms with Crippen molar-refractivity contribution >= 4 is 40.5 Å². The third-order valence-corrected chi connectivity index (χ3v) is 4.68. The van der Waals surface area contributed by atoms with Crippen LogP contribution in [0.5, 0.6) is 5.75 Å². The van der Waals surface area contributed by atoms with E-state index in [0.717, 1.165) is 0 Å². The molecule has 148 valence electrons. The summed E-state index contributed by atoms with van der Waals surface area (Å²) in [4.78, 5) is 36.7. The number of amides is 2. The summed E-state index contributed by atoms with van der Waals surface area (Å²) < 4.78 is 10.1. The molecule has 0 aliphatic rings. The summed E-state index contributed by atoms with van der Waals surface area (Å²) in [5.41, 5.74) is 1.36. The van der Waals surface area contributed by atoms with Crippen LogP contribution in [0, 0.1) is 0 Å². The molecule has 1 aromatic heterocycles. The van der Waals surface area contributed by atoms with Gasteiger partial charge in [-0.05, 0) is 47.8 Å². The molecule has 1 heterocycles. The third-order valence-electron chi connectivity index (χ3n) is 3.81. The molecule has 3 aromatic rings. The van der Waals surface area contributed by atoms with Crippen LogP contribution in [0.1, 0.15) is 20.0 Å². The van der Waals surface area contributed by atoms with Crippen molar-refractivity contribution in [3.63, 3.8) is 0 Å². The van der Waals surface area contributed by atoms with Crippen LogP contribution in [-0.4, -0.2) is 31.5 Å². The summed E-state index contributed by atoms with van der Waals surface area (Å²) in [5.74, 6) is -0.719. The molecular formula is C21H18N2O5S. The van der Waals surface area contributed by atoms with E-state index in [1.165, 1.54) is 30.6 Å². The Kier molecular flexibility index (Phi) is 6.59. The lowest BCUT2D eigenvalue weighted by Gasteiger charge is -2.08. The highest BCUT2D eigenvalue weighted by molar-refractivity contribution is 7.12. The van der Waals surface area contributed by atoms with Crippen LogP contribution in [0.15, 0.2) is 66.0 Å². The van der Waals surface area contributed by atoms with E-state index in [0.29, 0.717) is 22.0 Å². The van der Waals surface area contributed by atoms with Crippen molar-refractivity contribution in [1.82, 2.24) is 0 Å². The van der Waals surface area contributed by atoms with Gasteiger partial charge in [0.25, 0.3) is 11.8 Å². The van der Waals surface area contributed by atoms with E-state index in [1.807, 2.05) is 5.38 Å².